The number of hydrogen-bond acceptors (Lipinski definition) is 2. The molecule has 5 heteroatoms. The molecule has 3 rings (SSSR count). The number of aromatic nitrogens is 3. The van der Waals surface area contributed by atoms with Gasteiger partial charge in [0.1, 0.15) is 17.2 Å². The van der Waals surface area contributed by atoms with Crippen LogP contribution in [0.4, 0.5) is 4.39 Å². The van der Waals surface area contributed by atoms with Gasteiger partial charge in [-0.05, 0) is 25.5 Å². The van der Waals surface area contributed by atoms with E-state index in [1.807, 2.05) is 11.3 Å². The topological polar surface area (TPSA) is 30.2 Å². The largest absolute Gasteiger partial charge is 0.291 e. The first-order chi connectivity index (χ1) is 9.11. The third-order valence-electron chi connectivity index (χ3n) is 3.19. The third kappa shape index (κ3) is 1.87. The Morgan fingerprint density at radius 2 is 2.11 bits per heavy atom. The summed E-state index contributed by atoms with van der Waals surface area (Å²) in [6.07, 6.45) is 1.79. The van der Waals surface area contributed by atoms with E-state index in [9.17, 15) is 4.39 Å². The molecule has 0 saturated carbocycles. The first-order valence-electron chi connectivity index (χ1n) is 6.24. The number of hydrogen-bond donors (Lipinski definition) is 0. The molecule has 0 aliphatic heterocycles. The number of nitrogens with zero attached hydrogens (tertiary/aromatic N) is 3. The van der Waals surface area contributed by atoms with Crippen molar-refractivity contribution in [2.75, 3.05) is 0 Å². The van der Waals surface area contributed by atoms with Gasteiger partial charge < -0.3 is 0 Å². The van der Waals surface area contributed by atoms with E-state index in [4.69, 9.17) is 11.6 Å². The van der Waals surface area contributed by atoms with E-state index in [1.54, 1.807) is 6.07 Å². The van der Waals surface area contributed by atoms with Gasteiger partial charge in [0, 0.05) is 12.5 Å². The smallest absolute Gasteiger partial charge is 0.155 e. The van der Waals surface area contributed by atoms with Gasteiger partial charge in [0.15, 0.2) is 5.15 Å². The van der Waals surface area contributed by atoms with Gasteiger partial charge in [-0.3, -0.25) is 4.40 Å². The van der Waals surface area contributed by atoms with Gasteiger partial charge in [-0.25, -0.2) is 14.4 Å². The highest BCUT2D eigenvalue weighted by atomic mass is 35.5. The van der Waals surface area contributed by atoms with Crippen molar-refractivity contribution in [3.8, 4) is 0 Å². The van der Waals surface area contributed by atoms with Crippen LogP contribution >= 0.6 is 11.6 Å². The molecule has 98 valence electrons. The summed E-state index contributed by atoms with van der Waals surface area (Å²) in [5.74, 6) is 0.613. The Kier molecular flexibility index (Phi) is 2.90. The molecule has 0 atom stereocenters. The van der Waals surface area contributed by atoms with Crippen LogP contribution in [0.25, 0.3) is 16.6 Å². The second-order valence-corrected chi connectivity index (χ2v) is 4.94. The molecular formula is C14H13ClFN3. The average molecular weight is 278 g/mol. The zero-order valence-corrected chi connectivity index (χ0v) is 11.5. The molecule has 2 heterocycles. The lowest BCUT2D eigenvalue weighted by atomic mass is 10.2. The first kappa shape index (κ1) is 12.4. The molecule has 0 N–H and O–H groups in total. The van der Waals surface area contributed by atoms with Crippen molar-refractivity contribution in [1.29, 1.82) is 0 Å². The Labute approximate surface area is 115 Å². The fourth-order valence-electron chi connectivity index (χ4n) is 2.41. The fraction of sp³-hybridized carbons (Fsp3) is 0.286. The molecule has 0 radical (unpaired) electrons. The molecular weight excluding hydrogens is 265 g/mol. The highest BCUT2D eigenvalue weighted by molar-refractivity contribution is 6.33. The standard InChI is InChI=1S/C14H13ClFN3/c1-3-4-12-17-8(2)13-14(15)18-10-6-5-9(16)7-11(10)19(12)13/h5-7H,3-4H2,1-2H3. The van der Waals surface area contributed by atoms with Crippen LogP contribution in [0.15, 0.2) is 18.2 Å². The Morgan fingerprint density at radius 3 is 2.84 bits per heavy atom. The van der Waals surface area contributed by atoms with Gasteiger partial charge in [0.25, 0.3) is 0 Å². The summed E-state index contributed by atoms with van der Waals surface area (Å²) in [6, 6.07) is 4.51. The van der Waals surface area contributed by atoms with Gasteiger partial charge in [-0.15, -0.1) is 0 Å². The lowest BCUT2D eigenvalue weighted by Gasteiger charge is -2.07. The van der Waals surface area contributed by atoms with Gasteiger partial charge in [0.2, 0.25) is 0 Å². The minimum atomic E-state index is -0.285. The van der Waals surface area contributed by atoms with Crippen LogP contribution in [0.2, 0.25) is 5.15 Å². The van der Waals surface area contributed by atoms with Crippen molar-refractivity contribution < 1.29 is 4.39 Å². The summed E-state index contributed by atoms with van der Waals surface area (Å²) in [7, 11) is 0. The molecule has 2 aromatic heterocycles. The molecule has 1 aromatic carbocycles. The van der Waals surface area contributed by atoms with E-state index < -0.39 is 0 Å². The van der Waals surface area contributed by atoms with Crippen LogP contribution in [-0.4, -0.2) is 14.4 Å². The molecule has 19 heavy (non-hydrogen) atoms. The lowest BCUT2D eigenvalue weighted by molar-refractivity contribution is 0.629. The first-order valence-corrected chi connectivity index (χ1v) is 6.62. The molecule has 0 aliphatic rings. The zero-order valence-electron chi connectivity index (χ0n) is 10.7. The van der Waals surface area contributed by atoms with Crippen molar-refractivity contribution in [3.63, 3.8) is 0 Å². The normalized spacial score (nSPS) is 11.6. The van der Waals surface area contributed by atoms with Gasteiger partial charge in [0.05, 0.1) is 16.7 Å². The minimum absolute atomic E-state index is 0.285. The minimum Gasteiger partial charge on any atom is -0.291 e. The molecule has 0 unspecified atom stereocenters. The number of rotatable bonds is 2. The second kappa shape index (κ2) is 4.46. The van der Waals surface area contributed by atoms with E-state index >= 15 is 0 Å². The molecule has 0 bridgehead atoms. The van der Waals surface area contributed by atoms with Crippen LogP contribution in [0.5, 0.6) is 0 Å². The van der Waals surface area contributed by atoms with Gasteiger partial charge in [-0.2, -0.15) is 0 Å². The highest BCUT2D eigenvalue weighted by Gasteiger charge is 2.15. The van der Waals surface area contributed by atoms with Crippen molar-refractivity contribution in [2.45, 2.75) is 26.7 Å². The Morgan fingerprint density at radius 1 is 1.32 bits per heavy atom. The molecule has 3 nitrogen and oxygen atoms in total. The predicted molar refractivity (Wildman–Crippen MR) is 74.2 cm³/mol. The summed E-state index contributed by atoms with van der Waals surface area (Å²) in [5, 5.41) is 0.409. The number of aryl methyl sites for hydroxylation is 2. The zero-order chi connectivity index (χ0) is 13.6. The maximum Gasteiger partial charge on any atom is 0.155 e. The monoisotopic (exact) mass is 277 g/mol. The predicted octanol–water partition coefficient (Wildman–Crippen LogP) is 3.94. The second-order valence-electron chi connectivity index (χ2n) is 4.58. The third-order valence-corrected chi connectivity index (χ3v) is 3.45. The summed E-state index contributed by atoms with van der Waals surface area (Å²) >= 11 is 6.23. The van der Waals surface area contributed by atoms with E-state index in [-0.39, 0.29) is 5.82 Å². The van der Waals surface area contributed by atoms with Crippen LogP contribution in [0.1, 0.15) is 24.9 Å². The van der Waals surface area contributed by atoms with Crippen molar-refractivity contribution in [1.82, 2.24) is 14.4 Å². The summed E-state index contributed by atoms with van der Waals surface area (Å²) in [4.78, 5) is 8.85. The Bertz CT molecular complexity index is 779. The number of benzene rings is 1. The van der Waals surface area contributed by atoms with Crippen molar-refractivity contribution in [3.05, 3.63) is 40.7 Å². The quantitative estimate of drug-likeness (QED) is 0.710. The number of imidazole rings is 1. The summed E-state index contributed by atoms with van der Waals surface area (Å²) in [6.45, 7) is 3.98. The van der Waals surface area contributed by atoms with E-state index in [1.165, 1.54) is 12.1 Å². The molecule has 0 amide bonds. The van der Waals surface area contributed by atoms with Gasteiger partial charge in [-0.1, -0.05) is 18.5 Å². The fourth-order valence-corrected chi connectivity index (χ4v) is 2.72. The average Bonchev–Trinajstić information content (AvgIpc) is 2.69. The van der Waals surface area contributed by atoms with Crippen LogP contribution in [-0.2, 0) is 6.42 Å². The lowest BCUT2D eigenvalue weighted by Crippen LogP contribution is -1.98. The number of halogens is 2. The molecule has 0 fully saturated rings. The van der Waals surface area contributed by atoms with Crippen LogP contribution in [0, 0.1) is 12.7 Å². The van der Waals surface area contributed by atoms with Crippen molar-refractivity contribution >= 4 is 28.2 Å². The molecule has 0 spiro atoms. The molecule has 0 saturated heterocycles. The molecule has 3 aromatic rings. The van der Waals surface area contributed by atoms with E-state index in [2.05, 4.69) is 16.9 Å². The SMILES string of the molecule is CCCc1nc(C)c2c(Cl)nc3ccc(F)cc3n12. The highest BCUT2D eigenvalue weighted by Crippen LogP contribution is 2.26. The van der Waals surface area contributed by atoms with Crippen molar-refractivity contribution in [2.24, 2.45) is 0 Å². The maximum absolute atomic E-state index is 13.5. The van der Waals surface area contributed by atoms with Gasteiger partial charge >= 0.3 is 0 Å². The maximum atomic E-state index is 13.5. The summed E-state index contributed by atoms with van der Waals surface area (Å²) < 4.78 is 15.4. The van der Waals surface area contributed by atoms with Crippen LogP contribution in [0.3, 0.4) is 0 Å². The van der Waals surface area contributed by atoms with E-state index in [0.717, 1.165) is 29.9 Å². The van der Waals surface area contributed by atoms with E-state index in [0.29, 0.717) is 16.2 Å². The Hall–Kier alpha value is -1.68. The Balaban J connectivity index is 2.52. The molecule has 0 aliphatic carbocycles. The summed E-state index contributed by atoms with van der Waals surface area (Å²) in [5.41, 5.74) is 2.98. The number of fused-ring (bicyclic) bond motifs is 3. The van der Waals surface area contributed by atoms with Crippen LogP contribution < -0.4 is 0 Å².